The molecule has 4 nitrogen and oxygen atoms in total. The molecule has 0 radical (unpaired) electrons. The summed E-state index contributed by atoms with van der Waals surface area (Å²) in [6, 6.07) is 1.46. The van der Waals surface area contributed by atoms with E-state index in [9.17, 15) is 17.7 Å². The molecule has 0 aliphatic heterocycles. The van der Waals surface area contributed by atoms with Gasteiger partial charge in [0.2, 0.25) is 12.4 Å². The van der Waals surface area contributed by atoms with Crippen LogP contribution in [0, 0.1) is 0 Å². The van der Waals surface area contributed by atoms with Gasteiger partial charge in [-0.3, -0.25) is 0 Å². The van der Waals surface area contributed by atoms with E-state index >= 15 is 0 Å². The summed E-state index contributed by atoms with van der Waals surface area (Å²) in [4.78, 5) is 0.310. The van der Waals surface area contributed by atoms with Crippen molar-refractivity contribution >= 4 is 33.3 Å². The molecule has 0 aromatic carbocycles. The van der Waals surface area contributed by atoms with E-state index in [1.807, 2.05) is 0 Å². The molecule has 0 aliphatic carbocycles. The van der Waals surface area contributed by atoms with Gasteiger partial charge < -0.3 is 4.55 Å². The summed E-state index contributed by atoms with van der Waals surface area (Å²) in [6.07, 6.45) is 2.24. The SMILES string of the molecule is F[n+]1cc(Cl)cc(Cl)c1.O=S(=O)([O-])C(F)(F)F. The number of rotatable bonds is 0. The number of hydrogen-bond acceptors (Lipinski definition) is 3. The average Bonchev–Trinajstić information content (AvgIpc) is 1.96. The Morgan fingerprint density at radius 1 is 1.18 bits per heavy atom. The molecule has 11 heteroatoms. The van der Waals surface area contributed by atoms with E-state index in [4.69, 9.17) is 36.2 Å². The van der Waals surface area contributed by atoms with Crippen molar-refractivity contribution in [1.82, 2.24) is 0 Å². The third-order valence-electron chi connectivity index (χ3n) is 1.05. The first-order valence-electron chi connectivity index (χ1n) is 3.49. The van der Waals surface area contributed by atoms with Gasteiger partial charge in [0.15, 0.2) is 10.1 Å². The Morgan fingerprint density at radius 3 is 1.65 bits per heavy atom. The van der Waals surface area contributed by atoms with Crippen molar-refractivity contribution in [3.8, 4) is 0 Å². The van der Waals surface area contributed by atoms with E-state index in [0.717, 1.165) is 12.4 Å². The van der Waals surface area contributed by atoms with Crippen LogP contribution in [0.2, 0.25) is 10.0 Å². The topological polar surface area (TPSA) is 61.1 Å². The molecular formula is C6H3Cl2F4NO3S. The number of alkyl halides is 3. The largest absolute Gasteiger partial charge is 0.741 e. The van der Waals surface area contributed by atoms with Crippen LogP contribution in [-0.2, 0) is 10.1 Å². The lowest BCUT2D eigenvalue weighted by molar-refractivity contribution is -0.843. The monoisotopic (exact) mass is 315 g/mol. The highest BCUT2D eigenvalue weighted by Gasteiger charge is 2.36. The van der Waals surface area contributed by atoms with Gasteiger partial charge in [0, 0.05) is 4.79 Å². The molecule has 1 aromatic heterocycles. The van der Waals surface area contributed by atoms with Crippen molar-refractivity contribution in [1.29, 1.82) is 0 Å². The van der Waals surface area contributed by atoms with E-state index in [2.05, 4.69) is 0 Å². The number of halogens is 6. The molecule has 1 aromatic rings. The van der Waals surface area contributed by atoms with Crippen LogP contribution in [-0.4, -0.2) is 18.5 Å². The standard InChI is InChI=1S/C5H3Cl2FN.CHF3O3S/c6-4-1-5(7)3-9(8)2-4;2-1(3,4)8(5,6)7/h1-3H;(H,5,6,7)/q+1;/p-1. The van der Waals surface area contributed by atoms with Crippen LogP contribution in [0.1, 0.15) is 0 Å². The molecule has 0 fully saturated rings. The zero-order chi connectivity index (χ0) is 13.9. The third kappa shape index (κ3) is 6.61. The average molecular weight is 316 g/mol. The van der Waals surface area contributed by atoms with Gasteiger partial charge in [-0.15, -0.1) is 0 Å². The molecule has 1 rings (SSSR count). The second kappa shape index (κ2) is 5.80. The van der Waals surface area contributed by atoms with E-state index in [1.54, 1.807) is 0 Å². The Morgan fingerprint density at radius 2 is 1.47 bits per heavy atom. The molecule has 0 atom stereocenters. The number of pyridine rings is 1. The molecule has 0 saturated heterocycles. The molecule has 0 bridgehead atoms. The van der Waals surface area contributed by atoms with E-state index in [-0.39, 0.29) is 10.0 Å². The van der Waals surface area contributed by atoms with Crippen molar-refractivity contribution in [2.24, 2.45) is 0 Å². The van der Waals surface area contributed by atoms with Gasteiger partial charge in [0.25, 0.3) is 0 Å². The van der Waals surface area contributed by atoms with Crippen molar-refractivity contribution in [2.75, 3.05) is 0 Å². The first-order chi connectivity index (χ1) is 7.43. The highest BCUT2D eigenvalue weighted by molar-refractivity contribution is 7.86. The van der Waals surface area contributed by atoms with Crippen LogP contribution in [0.3, 0.4) is 0 Å². The summed E-state index contributed by atoms with van der Waals surface area (Å²) in [5.41, 5.74) is -5.65. The van der Waals surface area contributed by atoms with Gasteiger partial charge >= 0.3 is 5.51 Å². The maximum atomic E-state index is 12.2. The Balaban J connectivity index is 0.000000304. The minimum atomic E-state index is -6.09. The summed E-state index contributed by atoms with van der Waals surface area (Å²) in [7, 11) is -6.09. The molecule has 0 unspecified atom stereocenters. The van der Waals surface area contributed by atoms with Gasteiger partial charge in [-0.1, -0.05) is 23.2 Å². The normalized spacial score (nSPS) is 11.7. The van der Waals surface area contributed by atoms with Gasteiger partial charge in [0.05, 0.1) is 4.48 Å². The molecule has 0 N–H and O–H groups in total. The van der Waals surface area contributed by atoms with E-state index in [0.29, 0.717) is 4.79 Å². The van der Waals surface area contributed by atoms with Gasteiger partial charge in [-0.25, -0.2) is 8.42 Å². The fourth-order valence-corrected chi connectivity index (χ4v) is 0.957. The van der Waals surface area contributed by atoms with E-state index < -0.39 is 15.6 Å². The van der Waals surface area contributed by atoms with Crippen molar-refractivity contribution in [3.05, 3.63) is 28.5 Å². The highest BCUT2D eigenvalue weighted by Crippen LogP contribution is 2.20. The summed E-state index contributed by atoms with van der Waals surface area (Å²) in [6.45, 7) is 0. The fraction of sp³-hybridized carbons (Fsp3) is 0.167. The molecule has 98 valence electrons. The van der Waals surface area contributed by atoms with Crippen LogP contribution in [0.25, 0.3) is 0 Å². The van der Waals surface area contributed by atoms with Crippen molar-refractivity contribution < 1.29 is 35.4 Å². The fourth-order valence-electron chi connectivity index (χ4n) is 0.479. The molecule has 0 aliphatic rings. The summed E-state index contributed by atoms with van der Waals surface area (Å²) < 4.78 is 71.1. The van der Waals surface area contributed by atoms with Crippen LogP contribution in [0.4, 0.5) is 17.7 Å². The minimum absolute atomic E-state index is 0.282. The number of nitrogens with zero attached hydrogens (tertiary/aromatic N) is 1. The lowest BCUT2D eigenvalue weighted by atomic mass is 10.5. The van der Waals surface area contributed by atoms with Gasteiger partial charge in [-0.2, -0.15) is 13.2 Å². The molecule has 0 amide bonds. The maximum Gasteiger partial charge on any atom is 0.485 e. The highest BCUT2D eigenvalue weighted by atomic mass is 35.5. The third-order valence-corrected chi connectivity index (χ3v) is 2.03. The minimum Gasteiger partial charge on any atom is -0.741 e. The Kier molecular flexibility index (Phi) is 5.59. The van der Waals surface area contributed by atoms with Gasteiger partial charge in [0.1, 0.15) is 10.0 Å². The van der Waals surface area contributed by atoms with Crippen LogP contribution in [0.15, 0.2) is 18.5 Å². The maximum absolute atomic E-state index is 12.2. The first-order valence-corrected chi connectivity index (χ1v) is 5.65. The number of aromatic nitrogens is 1. The van der Waals surface area contributed by atoms with E-state index in [1.165, 1.54) is 6.07 Å². The molecule has 0 spiro atoms. The smallest absolute Gasteiger partial charge is 0.485 e. The second-order valence-corrected chi connectivity index (χ2v) is 4.66. The van der Waals surface area contributed by atoms with Crippen LogP contribution < -0.4 is 4.79 Å². The summed E-state index contributed by atoms with van der Waals surface area (Å²) in [5, 5.41) is 0.565. The quantitative estimate of drug-likeness (QED) is 0.418. The lowest BCUT2D eigenvalue weighted by Gasteiger charge is -2.08. The lowest BCUT2D eigenvalue weighted by Crippen LogP contribution is -2.21. The Bertz CT molecular complexity index is 440. The summed E-state index contributed by atoms with van der Waals surface area (Å²) in [5.74, 6) is 0. The molecular weight excluding hydrogens is 313 g/mol. The van der Waals surface area contributed by atoms with Crippen molar-refractivity contribution in [2.45, 2.75) is 5.51 Å². The summed E-state index contributed by atoms with van der Waals surface area (Å²) >= 11 is 10.8. The van der Waals surface area contributed by atoms with Gasteiger partial charge in [-0.05, 0) is 6.07 Å². The number of hydrogen-bond donors (Lipinski definition) is 0. The first kappa shape index (κ1) is 16.4. The molecule has 17 heavy (non-hydrogen) atoms. The molecule has 1 heterocycles. The zero-order valence-electron chi connectivity index (χ0n) is 7.58. The van der Waals surface area contributed by atoms with Crippen LogP contribution >= 0.6 is 23.2 Å². The predicted octanol–water partition coefficient (Wildman–Crippen LogP) is 2.06. The Hall–Kier alpha value is -0.640. The Labute approximate surface area is 103 Å². The van der Waals surface area contributed by atoms with Crippen LogP contribution in [0.5, 0.6) is 0 Å². The predicted molar refractivity (Wildman–Crippen MR) is 48.9 cm³/mol. The second-order valence-electron chi connectivity index (χ2n) is 2.42. The van der Waals surface area contributed by atoms with Crippen molar-refractivity contribution in [3.63, 3.8) is 0 Å². The molecule has 0 saturated carbocycles. The zero-order valence-corrected chi connectivity index (χ0v) is 9.91.